The fourth-order valence-corrected chi connectivity index (χ4v) is 1.78. The molecule has 1 N–H and O–H groups in total. The van der Waals surface area contributed by atoms with E-state index in [0.29, 0.717) is 17.5 Å². The van der Waals surface area contributed by atoms with Gasteiger partial charge in [-0.3, -0.25) is 0 Å². The number of hydrogen-bond donors (Lipinski definition) is 1. The van der Waals surface area contributed by atoms with Crippen molar-refractivity contribution in [3.8, 4) is 5.75 Å². The van der Waals surface area contributed by atoms with Gasteiger partial charge in [0, 0.05) is 0 Å². The van der Waals surface area contributed by atoms with E-state index in [1.807, 2.05) is 25.1 Å². The van der Waals surface area contributed by atoms with Crippen LogP contribution in [0.1, 0.15) is 25.8 Å². The smallest absolute Gasteiger partial charge is 0.137 e. The normalized spacial score (nSPS) is 10.9. The number of hydrogen-bond acceptors (Lipinski definition) is 2. The Hall–Kier alpha value is -0.730. The van der Waals surface area contributed by atoms with Crippen LogP contribution in [-0.4, -0.2) is 19.7 Å². The zero-order valence-corrected chi connectivity index (χ0v) is 11.7. The first-order chi connectivity index (χ1) is 8.09. The van der Waals surface area contributed by atoms with Crippen LogP contribution in [0.3, 0.4) is 0 Å². The molecule has 0 aliphatic rings. The first kappa shape index (κ1) is 14.3. The number of nitrogens with one attached hydrogen (secondary N) is 1. The summed E-state index contributed by atoms with van der Waals surface area (Å²) in [5.41, 5.74) is 1.15. The Bertz CT molecular complexity index is 339. The van der Waals surface area contributed by atoms with Gasteiger partial charge in [-0.1, -0.05) is 31.5 Å². The molecule has 0 amide bonds. The van der Waals surface area contributed by atoms with Crippen LogP contribution >= 0.6 is 11.6 Å². The van der Waals surface area contributed by atoms with E-state index >= 15 is 0 Å². The van der Waals surface area contributed by atoms with E-state index < -0.39 is 0 Å². The summed E-state index contributed by atoms with van der Waals surface area (Å²) in [6.45, 7) is 9.18. The summed E-state index contributed by atoms with van der Waals surface area (Å²) in [5, 5.41) is 4.08. The maximum atomic E-state index is 6.07. The van der Waals surface area contributed by atoms with Crippen LogP contribution < -0.4 is 10.1 Å². The van der Waals surface area contributed by atoms with Crippen LogP contribution in [0.25, 0.3) is 0 Å². The van der Waals surface area contributed by atoms with Crippen molar-refractivity contribution in [1.82, 2.24) is 5.32 Å². The maximum absolute atomic E-state index is 6.07. The summed E-state index contributed by atoms with van der Waals surface area (Å²) in [6, 6.07) is 5.87. The van der Waals surface area contributed by atoms with Gasteiger partial charge in [0.05, 0.1) is 11.6 Å². The van der Waals surface area contributed by atoms with Gasteiger partial charge in [0.1, 0.15) is 5.75 Å². The SMILES string of the molecule is Cc1ccc(OCCCNCC(C)C)c(Cl)c1. The van der Waals surface area contributed by atoms with E-state index in [0.717, 1.165) is 30.8 Å². The quantitative estimate of drug-likeness (QED) is 0.751. The van der Waals surface area contributed by atoms with E-state index in [9.17, 15) is 0 Å². The minimum atomic E-state index is 0.695. The third-order valence-corrected chi connectivity index (χ3v) is 2.69. The highest BCUT2D eigenvalue weighted by atomic mass is 35.5. The second kappa shape index (κ2) is 7.57. The van der Waals surface area contributed by atoms with Gasteiger partial charge in [-0.05, 0) is 50.0 Å². The molecule has 1 aromatic rings. The number of aryl methyl sites for hydroxylation is 1. The van der Waals surface area contributed by atoms with Crippen molar-refractivity contribution in [2.24, 2.45) is 5.92 Å². The first-order valence-electron chi connectivity index (χ1n) is 6.19. The molecule has 2 nitrogen and oxygen atoms in total. The molecule has 0 radical (unpaired) electrons. The Morgan fingerprint density at radius 3 is 2.76 bits per heavy atom. The molecule has 0 saturated heterocycles. The molecule has 0 aliphatic heterocycles. The zero-order valence-electron chi connectivity index (χ0n) is 10.9. The standard InChI is InChI=1S/C14H22ClNO/c1-11(2)10-16-7-4-8-17-14-6-5-12(3)9-13(14)15/h5-6,9,11,16H,4,7-8,10H2,1-3H3. The van der Waals surface area contributed by atoms with Gasteiger partial charge in [-0.2, -0.15) is 0 Å². The summed E-state index contributed by atoms with van der Waals surface area (Å²) >= 11 is 6.07. The van der Waals surface area contributed by atoms with Crippen molar-refractivity contribution in [3.63, 3.8) is 0 Å². The van der Waals surface area contributed by atoms with Gasteiger partial charge in [-0.25, -0.2) is 0 Å². The molecule has 1 aromatic carbocycles. The summed E-state index contributed by atoms with van der Waals surface area (Å²) in [6.07, 6.45) is 0.997. The molecule has 0 atom stereocenters. The lowest BCUT2D eigenvalue weighted by Gasteiger charge is -2.10. The van der Waals surface area contributed by atoms with Crippen molar-refractivity contribution in [2.45, 2.75) is 27.2 Å². The molecular formula is C14H22ClNO. The van der Waals surface area contributed by atoms with Crippen LogP contribution in [0.15, 0.2) is 18.2 Å². The van der Waals surface area contributed by atoms with Crippen molar-refractivity contribution in [2.75, 3.05) is 19.7 Å². The predicted molar refractivity (Wildman–Crippen MR) is 74.0 cm³/mol. The maximum Gasteiger partial charge on any atom is 0.137 e. The van der Waals surface area contributed by atoms with Crippen LogP contribution in [0, 0.1) is 12.8 Å². The van der Waals surface area contributed by atoms with E-state index in [1.165, 1.54) is 0 Å². The van der Waals surface area contributed by atoms with Crippen LogP contribution in [0.4, 0.5) is 0 Å². The summed E-state index contributed by atoms with van der Waals surface area (Å²) in [5.74, 6) is 1.48. The van der Waals surface area contributed by atoms with Gasteiger partial charge in [0.25, 0.3) is 0 Å². The number of benzene rings is 1. The fraction of sp³-hybridized carbons (Fsp3) is 0.571. The van der Waals surface area contributed by atoms with Crippen molar-refractivity contribution in [3.05, 3.63) is 28.8 Å². The summed E-state index contributed by atoms with van der Waals surface area (Å²) in [7, 11) is 0. The van der Waals surface area contributed by atoms with Gasteiger partial charge >= 0.3 is 0 Å². The lowest BCUT2D eigenvalue weighted by molar-refractivity contribution is 0.307. The third-order valence-electron chi connectivity index (χ3n) is 2.40. The van der Waals surface area contributed by atoms with E-state index in [4.69, 9.17) is 16.3 Å². The van der Waals surface area contributed by atoms with Gasteiger partial charge in [0.2, 0.25) is 0 Å². The molecule has 0 bridgehead atoms. The Morgan fingerprint density at radius 1 is 1.35 bits per heavy atom. The highest BCUT2D eigenvalue weighted by Gasteiger charge is 2.01. The number of halogens is 1. The largest absolute Gasteiger partial charge is 0.492 e. The van der Waals surface area contributed by atoms with Gasteiger partial charge < -0.3 is 10.1 Å². The molecule has 0 heterocycles. The molecule has 0 saturated carbocycles. The molecule has 3 heteroatoms. The number of ether oxygens (including phenoxy) is 1. The summed E-state index contributed by atoms with van der Waals surface area (Å²) < 4.78 is 5.63. The number of rotatable bonds is 7. The Morgan fingerprint density at radius 2 is 2.12 bits per heavy atom. The molecule has 1 rings (SSSR count). The Kier molecular flexibility index (Phi) is 6.38. The molecule has 0 spiro atoms. The van der Waals surface area contributed by atoms with Gasteiger partial charge in [0.15, 0.2) is 0 Å². The lowest BCUT2D eigenvalue weighted by atomic mass is 10.2. The predicted octanol–water partition coefficient (Wildman–Crippen LogP) is 3.66. The molecule has 0 aliphatic carbocycles. The minimum absolute atomic E-state index is 0.695. The average Bonchev–Trinajstić information content (AvgIpc) is 2.25. The van der Waals surface area contributed by atoms with Crippen molar-refractivity contribution >= 4 is 11.6 Å². The minimum Gasteiger partial charge on any atom is -0.492 e. The first-order valence-corrected chi connectivity index (χ1v) is 6.57. The van der Waals surface area contributed by atoms with E-state index in [1.54, 1.807) is 0 Å². The zero-order chi connectivity index (χ0) is 12.7. The van der Waals surface area contributed by atoms with Crippen LogP contribution in [0.5, 0.6) is 5.75 Å². The summed E-state index contributed by atoms with van der Waals surface area (Å²) in [4.78, 5) is 0. The van der Waals surface area contributed by atoms with Crippen LogP contribution in [0.2, 0.25) is 5.02 Å². The van der Waals surface area contributed by atoms with E-state index in [2.05, 4.69) is 19.2 Å². The molecule has 0 fully saturated rings. The van der Waals surface area contributed by atoms with Crippen molar-refractivity contribution in [1.29, 1.82) is 0 Å². The Balaban J connectivity index is 2.18. The fourth-order valence-electron chi connectivity index (χ4n) is 1.49. The second-order valence-electron chi connectivity index (χ2n) is 4.73. The topological polar surface area (TPSA) is 21.3 Å². The van der Waals surface area contributed by atoms with E-state index in [-0.39, 0.29) is 0 Å². The molecule has 0 unspecified atom stereocenters. The molecular weight excluding hydrogens is 234 g/mol. The average molecular weight is 256 g/mol. The lowest BCUT2D eigenvalue weighted by Crippen LogP contribution is -2.22. The van der Waals surface area contributed by atoms with Gasteiger partial charge in [-0.15, -0.1) is 0 Å². The third kappa shape index (κ3) is 5.94. The molecule has 96 valence electrons. The van der Waals surface area contributed by atoms with Crippen molar-refractivity contribution < 1.29 is 4.74 Å². The second-order valence-corrected chi connectivity index (χ2v) is 5.14. The monoisotopic (exact) mass is 255 g/mol. The Labute approximate surface area is 109 Å². The van der Waals surface area contributed by atoms with Crippen LogP contribution in [-0.2, 0) is 0 Å². The molecule has 0 aromatic heterocycles. The molecule has 17 heavy (non-hydrogen) atoms. The highest BCUT2D eigenvalue weighted by Crippen LogP contribution is 2.25. The highest BCUT2D eigenvalue weighted by molar-refractivity contribution is 6.32.